The fraction of sp³-hybridized carbons (Fsp3) is 0.0455. The minimum absolute atomic E-state index is 0.140. The van der Waals surface area contributed by atoms with E-state index in [4.69, 9.17) is 0 Å². The normalized spacial score (nSPS) is 11.3. The van der Waals surface area contributed by atoms with Crippen LogP contribution in [0.1, 0.15) is 5.56 Å². The molecule has 0 saturated heterocycles. The van der Waals surface area contributed by atoms with E-state index in [1.165, 1.54) is 16.8 Å². The van der Waals surface area contributed by atoms with Crippen LogP contribution in [0.3, 0.4) is 0 Å². The van der Waals surface area contributed by atoms with Crippen molar-refractivity contribution in [2.24, 2.45) is 0 Å². The summed E-state index contributed by atoms with van der Waals surface area (Å²) < 4.78 is 18.3. The highest BCUT2D eigenvalue weighted by Gasteiger charge is 2.11. The number of aromatic nitrogens is 4. The Balaban J connectivity index is 1.57. The first-order chi connectivity index (χ1) is 13.7. The average molecular weight is 370 g/mol. The molecule has 0 bridgehead atoms. The molecule has 0 atom stereocenters. The van der Waals surface area contributed by atoms with Gasteiger partial charge in [-0.1, -0.05) is 30.3 Å². The number of para-hydroxylation sites is 2. The Kier molecular flexibility index (Phi) is 3.76. The molecule has 0 spiro atoms. The van der Waals surface area contributed by atoms with Gasteiger partial charge in [0.05, 0.1) is 35.7 Å². The molecule has 28 heavy (non-hydrogen) atoms. The van der Waals surface area contributed by atoms with Crippen molar-refractivity contribution >= 4 is 16.7 Å². The molecule has 0 unspecified atom stereocenters. The number of fused-ring (bicyclic) bond motifs is 2. The largest absolute Gasteiger partial charge is 0.301 e. The van der Waals surface area contributed by atoms with Crippen LogP contribution in [0.4, 0.5) is 4.39 Å². The zero-order valence-corrected chi connectivity index (χ0v) is 14.8. The predicted octanol–water partition coefficient (Wildman–Crippen LogP) is 3.90. The Hall–Kier alpha value is -3.80. The van der Waals surface area contributed by atoms with Crippen molar-refractivity contribution in [3.63, 3.8) is 0 Å². The summed E-state index contributed by atoms with van der Waals surface area (Å²) in [6.07, 6.45) is 4.89. The van der Waals surface area contributed by atoms with Crippen molar-refractivity contribution in [1.82, 2.24) is 18.9 Å². The Bertz CT molecular complexity index is 1390. The van der Waals surface area contributed by atoms with E-state index in [1.807, 2.05) is 59.1 Å². The van der Waals surface area contributed by atoms with Gasteiger partial charge in [0.15, 0.2) is 0 Å². The van der Waals surface area contributed by atoms with E-state index in [2.05, 4.69) is 9.97 Å². The van der Waals surface area contributed by atoms with Crippen molar-refractivity contribution in [2.45, 2.75) is 6.54 Å². The van der Waals surface area contributed by atoms with Gasteiger partial charge < -0.3 is 4.57 Å². The maximum Gasteiger partial charge on any atom is 0.269 e. The molecular formula is C22H15FN4O. The van der Waals surface area contributed by atoms with Gasteiger partial charge in [-0.15, -0.1) is 0 Å². The minimum Gasteiger partial charge on any atom is -0.301 e. The molecular weight excluding hydrogens is 355 g/mol. The first-order valence-electron chi connectivity index (χ1n) is 8.86. The second kappa shape index (κ2) is 6.42. The van der Waals surface area contributed by atoms with Crippen LogP contribution in [-0.2, 0) is 6.54 Å². The number of hydrogen-bond acceptors (Lipinski definition) is 3. The standard InChI is InChI=1S/C22H15FN4O/c23-17-11-15(20-12-25-21-7-3-4-10-26(20)21)8-9-16(17)14-27-19-6-2-1-5-18(19)24-13-22(27)28/h1-13H,14H2. The quantitative estimate of drug-likeness (QED) is 0.484. The van der Waals surface area contributed by atoms with Crippen LogP contribution < -0.4 is 5.56 Å². The molecule has 6 heteroatoms. The van der Waals surface area contributed by atoms with E-state index in [9.17, 15) is 9.18 Å². The third-order valence-corrected chi connectivity index (χ3v) is 4.85. The van der Waals surface area contributed by atoms with Crippen LogP contribution in [0.2, 0.25) is 0 Å². The van der Waals surface area contributed by atoms with Gasteiger partial charge in [0.2, 0.25) is 0 Å². The third-order valence-electron chi connectivity index (χ3n) is 4.85. The van der Waals surface area contributed by atoms with Crippen molar-refractivity contribution < 1.29 is 4.39 Å². The maximum absolute atomic E-state index is 14.9. The smallest absolute Gasteiger partial charge is 0.269 e. The summed E-state index contributed by atoms with van der Waals surface area (Å²) in [4.78, 5) is 20.8. The van der Waals surface area contributed by atoms with E-state index in [1.54, 1.807) is 12.3 Å². The first-order valence-corrected chi connectivity index (χ1v) is 8.86. The summed E-state index contributed by atoms with van der Waals surface area (Å²) in [5.74, 6) is -0.365. The van der Waals surface area contributed by atoms with Crippen molar-refractivity contribution in [1.29, 1.82) is 0 Å². The number of imidazole rings is 1. The van der Waals surface area contributed by atoms with Crippen LogP contribution in [0.25, 0.3) is 27.9 Å². The summed E-state index contributed by atoms with van der Waals surface area (Å²) in [5.41, 5.74) is 3.90. The zero-order valence-electron chi connectivity index (χ0n) is 14.8. The number of rotatable bonds is 3. The molecule has 0 aliphatic heterocycles. The van der Waals surface area contributed by atoms with Crippen molar-refractivity contribution in [3.8, 4) is 11.3 Å². The van der Waals surface area contributed by atoms with Gasteiger partial charge in [-0.3, -0.25) is 9.20 Å². The molecule has 136 valence electrons. The fourth-order valence-electron chi connectivity index (χ4n) is 3.43. The van der Waals surface area contributed by atoms with Crippen LogP contribution >= 0.6 is 0 Å². The lowest BCUT2D eigenvalue weighted by Gasteiger charge is -2.11. The van der Waals surface area contributed by atoms with Crippen LogP contribution in [-0.4, -0.2) is 18.9 Å². The fourth-order valence-corrected chi connectivity index (χ4v) is 3.43. The molecule has 0 amide bonds. The molecule has 3 heterocycles. The molecule has 0 saturated carbocycles. The van der Waals surface area contributed by atoms with Gasteiger partial charge in [-0.25, -0.2) is 14.4 Å². The van der Waals surface area contributed by atoms with Gasteiger partial charge in [0, 0.05) is 17.3 Å². The van der Waals surface area contributed by atoms with Crippen LogP contribution in [0.5, 0.6) is 0 Å². The van der Waals surface area contributed by atoms with E-state index in [0.717, 1.165) is 16.9 Å². The molecule has 5 rings (SSSR count). The second-order valence-electron chi connectivity index (χ2n) is 6.55. The minimum atomic E-state index is -0.365. The molecule has 0 aliphatic rings. The molecule has 5 nitrogen and oxygen atoms in total. The summed E-state index contributed by atoms with van der Waals surface area (Å²) in [6.45, 7) is 0.140. The topological polar surface area (TPSA) is 52.2 Å². The predicted molar refractivity (Wildman–Crippen MR) is 106 cm³/mol. The molecule has 3 aromatic heterocycles. The Morgan fingerprint density at radius 2 is 1.79 bits per heavy atom. The van der Waals surface area contributed by atoms with E-state index < -0.39 is 0 Å². The van der Waals surface area contributed by atoms with Gasteiger partial charge in [0.25, 0.3) is 5.56 Å². The van der Waals surface area contributed by atoms with Crippen LogP contribution in [0.15, 0.2) is 84.0 Å². The van der Waals surface area contributed by atoms with E-state index in [-0.39, 0.29) is 17.9 Å². The highest BCUT2D eigenvalue weighted by atomic mass is 19.1. The lowest BCUT2D eigenvalue weighted by Crippen LogP contribution is -2.21. The summed E-state index contributed by atoms with van der Waals surface area (Å²) in [7, 11) is 0. The van der Waals surface area contributed by atoms with Gasteiger partial charge in [0.1, 0.15) is 11.5 Å². The SMILES string of the molecule is O=c1cnc2ccccc2n1Cc1ccc(-c2cnc3ccccn23)cc1F. The molecule has 0 fully saturated rings. The van der Waals surface area contributed by atoms with Crippen molar-refractivity contribution in [3.05, 3.63) is 101 Å². The number of halogens is 1. The average Bonchev–Trinajstić information content (AvgIpc) is 3.15. The molecule has 0 aliphatic carbocycles. The Labute approximate surface area is 159 Å². The number of hydrogen-bond donors (Lipinski definition) is 0. The monoisotopic (exact) mass is 370 g/mol. The van der Waals surface area contributed by atoms with Gasteiger partial charge >= 0.3 is 0 Å². The van der Waals surface area contributed by atoms with Crippen LogP contribution in [0, 0.1) is 5.82 Å². The van der Waals surface area contributed by atoms with E-state index in [0.29, 0.717) is 16.6 Å². The maximum atomic E-state index is 14.9. The molecule has 5 aromatic rings. The van der Waals surface area contributed by atoms with E-state index >= 15 is 0 Å². The third kappa shape index (κ3) is 2.66. The second-order valence-corrected chi connectivity index (χ2v) is 6.55. The Morgan fingerprint density at radius 3 is 2.68 bits per heavy atom. The highest BCUT2D eigenvalue weighted by Crippen LogP contribution is 2.24. The molecule has 0 N–H and O–H groups in total. The summed E-state index contributed by atoms with van der Waals surface area (Å²) >= 11 is 0. The molecule has 0 radical (unpaired) electrons. The summed E-state index contributed by atoms with van der Waals surface area (Å²) in [6, 6.07) is 18.1. The van der Waals surface area contributed by atoms with Gasteiger partial charge in [-0.05, 0) is 30.3 Å². The summed E-state index contributed by atoms with van der Waals surface area (Å²) in [5, 5.41) is 0. The Morgan fingerprint density at radius 1 is 0.929 bits per heavy atom. The van der Waals surface area contributed by atoms with Crippen molar-refractivity contribution in [2.75, 3.05) is 0 Å². The number of nitrogens with zero attached hydrogens (tertiary/aromatic N) is 4. The lowest BCUT2D eigenvalue weighted by atomic mass is 10.1. The number of pyridine rings is 1. The molecule has 2 aromatic carbocycles. The zero-order chi connectivity index (χ0) is 19.1. The number of benzene rings is 2. The highest BCUT2D eigenvalue weighted by molar-refractivity contribution is 5.74. The first kappa shape index (κ1) is 16.4. The lowest BCUT2D eigenvalue weighted by molar-refractivity contribution is 0.599. The van der Waals surface area contributed by atoms with Gasteiger partial charge in [-0.2, -0.15) is 0 Å².